The van der Waals surface area contributed by atoms with Gasteiger partial charge in [-0.15, -0.1) is 0 Å². The molecule has 0 aliphatic rings. The fourth-order valence-corrected chi connectivity index (χ4v) is 1.46. The van der Waals surface area contributed by atoms with Gasteiger partial charge < -0.3 is 4.74 Å². The molecule has 4 nitrogen and oxygen atoms in total. The lowest BCUT2D eigenvalue weighted by Gasteiger charge is -2.03. The first-order valence-electron chi connectivity index (χ1n) is 4.87. The Hall–Kier alpha value is -1.94. The van der Waals surface area contributed by atoms with Crippen molar-refractivity contribution < 1.29 is 9.53 Å². The van der Waals surface area contributed by atoms with Crippen LogP contribution >= 0.6 is 11.6 Å². The fourth-order valence-electron chi connectivity index (χ4n) is 1.36. The summed E-state index contributed by atoms with van der Waals surface area (Å²) in [6.07, 6.45) is 2.80. The van der Waals surface area contributed by atoms with Crippen molar-refractivity contribution in [2.75, 3.05) is 7.11 Å². The molecule has 0 fully saturated rings. The van der Waals surface area contributed by atoms with E-state index in [0.717, 1.165) is 0 Å². The van der Waals surface area contributed by atoms with Crippen molar-refractivity contribution in [2.24, 2.45) is 0 Å². The van der Waals surface area contributed by atoms with Crippen LogP contribution in [0.2, 0.25) is 5.28 Å². The summed E-state index contributed by atoms with van der Waals surface area (Å²) in [5.74, 6) is 0.464. The lowest BCUT2D eigenvalue weighted by Crippen LogP contribution is -2.03. The first-order chi connectivity index (χ1) is 8.20. The normalized spacial score (nSPS) is 10.0. The zero-order valence-electron chi connectivity index (χ0n) is 9.05. The molecule has 0 saturated carbocycles. The Kier molecular flexibility index (Phi) is 3.35. The molecule has 1 heterocycles. The van der Waals surface area contributed by atoms with E-state index in [1.54, 1.807) is 31.4 Å². The van der Waals surface area contributed by atoms with Gasteiger partial charge in [-0.1, -0.05) is 12.1 Å². The van der Waals surface area contributed by atoms with Crippen LogP contribution in [0.5, 0.6) is 5.75 Å². The SMILES string of the molecule is COc1cccc(C(=O)c2cnc(Cl)nc2)c1. The number of ether oxygens (including phenoxy) is 1. The number of rotatable bonds is 3. The second-order valence-electron chi connectivity index (χ2n) is 3.30. The van der Waals surface area contributed by atoms with Crippen LogP contribution in [0, 0.1) is 0 Å². The van der Waals surface area contributed by atoms with Gasteiger partial charge in [0.05, 0.1) is 12.7 Å². The molecule has 0 atom stereocenters. The molecule has 17 heavy (non-hydrogen) atoms. The molecule has 0 amide bonds. The predicted octanol–water partition coefficient (Wildman–Crippen LogP) is 2.37. The number of nitrogens with zero attached hydrogens (tertiary/aromatic N) is 2. The van der Waals surface area contributed by atoms with Gasteiger partial charge in [0.1, 0.15) is 5.75 Å². The summed E-state index contributed by atoms with van der Waals surface area (Å²) in [6.45, 7) is 0. The topological polar surface area (TPSA) is 52.1 Å². The lowest BCUT2D eigenvalue weighted by molar-refractivity contribution is 0.103. The molecule has 0 unspecified atom stereocenters. The quantitative estimate of drug-likeness (QED) is 0.618. The van der Waals surface area contributed by atoms with Crippen LogP contribution in [-0.2, 0) is 0 Å². The van der Waals surface area contributed by atoms with Gasteiger partial charge in [0.2, 0.25) is 5.28 Å². The molecule has 0 radical (unpaired) electrons. The van der Waals surface area contributed by atoms with Crippen molar-refractivity contribution in [1.29, 1.82) is 0 Å². The minimum absolute atomic E-state index is 0.118. The molecule has 0 aliphatic heterocycles. The fraction of sp³-hybridized carbons (Fsp3) is 0.0833. The maximum absolute atomic E-state index is 12.0. The second kappa shape index (κ2) is 4.93. The highest BCUT2D eigenvalue weighted by Crippen LogP contribution is 2.15. The third-order valence-corrected chi connectivity index (χ3v) is 2.41. The molecule has 0 spiro atoms. The highest BCUT2D eigenvalue weighted by molar-refractivity contribution is 6.28. The van der Waals surface area contributed by atoms with E-state index in [-0.39, 0.29) is 11.1 Å². The summed E-state index contributed by atoms with van der Waals surface area (Å²) in [7, 11) is 1.55. The number of carbonyl (C=O) groups is 1. The summed E-state index contributed by atoms with van der Waals surface area (Å²) in [5, 5.41) is 0.118. The van der Waals surface area contributed by atoms with Gasteiger partial charge in [0, 0.05) is 18.0 Å². The van der Waals surface area contributed by atoms with Crippen LogP contribution in [0.1, 0.15) is 15.9 Å². The number of methoxy groups -OCH3 is 1. The Morgan fingerprint density at radius 2 is 1.94 bits per heavy atom. The maximum Gasteiger partial charge on any atom is 0.222 e. The smallest absolute Gasteiger partial charge is 0.222 e. The molecular weight excluding hydrogens is 240 g/mol. The second-order valence-corrected chi connectivity index (χ2v) is 3.64. The third-order valence-electron chi connectivity index (χ3n) is 2.21. The monoisotopic (exact) mass is 248 g/mol. The summed E-state index contributed by atoms with van der Waals surface area (Å²) >= 11 is 5.56. The minimum Gasteiger partial charge on any atom is -0.497 e. The molecule has 2 rings (SSSR count). The van der Waals surface area contributed by atoms with E-state index in [4.69, 9.17) is 16.3 Å². The van der Waals surface area contributed by atoms with Crippen molar-refractivity contribution in [2.45, 2.75) is 0 Å². The van der Waals surface area contributed by atoms with E-state index in [1.165, 1.54) is 12.4 Å². The number of halogens is 1. The Bertz CT molecular complexity index is 540. The van der Waals surface area contributed by atoms with Crippen molar-refractivity contribution in [3.8, 4) is 5.75 Å². The first kappa shape index (κ1) is 11.5. The van der Waals surface area contributed by atoms with E-state index in [0.29, 0.717) is 16.9 Å². The van der Waals surface area contributed by atoms with E-state index in [9.17, 15) is 4.79 Å². The van der Waals surface area contributed by atoms with Crippen molar-refractivity contribution in [3.63, 3.8) is 0 Å². The zero-order chi connectivity index (χ0) is 12.3. The Labute approximate surface area is 103 Å². The molecule has 5 heteroatoms. The first-order valence-corrected chi connectivity index (χ1v) is 5.25. The van der Waals surface area contributed by atoms with Crippen LogP contribution in [0.4, 0.5) is 0 Å². The number of aromatic nitrogens is 2. The average Bonchev–Trinajstić information content (AvgIpc) is 2.39. The lowest BCUT2D eigenvalue weighted by atomic mass is 10.1. The zero-order valence-corrected chi connectivity index (χ0v) is 9.81. The van der Waals surface area contributed by atoms with E-state index >= 15 is 0 Å². The standard InChI is InChI=1S/C12H9ClN2O2/c1-17-10-4-2-3-8(5-10)11(16)9-6-14-12(13)15-7-9/h2-7H,1H3. The molecule has 0 aliphatic carbocycles. The van der Waals surface area contributed by atoms with Gasteiger partial charge >= 0.3 is 0 Å². The largest absolute Gasteiger partial charge is 0.497 e. The number of benzene rings is 1. The molecule has 1 aromatic carbocycles. The van der Waals surface area contributed by atoms with Gasteiger partial charge in [0.15, 0.2) is 5.78 Å². The minimum atomic E-state index is -0.166. The van der Waals surface area contributed by atoms with Gasteiger partial charge in [-0.2, -0.15) is 0 Å². The highest BCUT2D eigenvalue weighted by atomic mass is 35.5. The summed E-state index contributed by atoms with van der Waals surface area (Å²) in [4.78, 5) is 19.6. The number of hydrogen-bond acceptors (Lipinski definition) is 4. The van der Waals surface area contributed by atoms with Crippen molar-refractivity contribution in [3.05, 3.63) is 53.1 Å². The molecule has 86 valence electrons. The summed E-state index contributed by atoms with van der Waals surface area (Å²) in [5.41, 5.74) is 0.915. The van der Waals surface area contributed by atoms with Gasteiger partial charge in [0.25, 0.3) is 0 Å². The molecule has 2 aromatic rings. The molecule has 0 N–H and O–H groups in total. The van der Waals surface area contributed by atoms with Crippen LogP contribution in [-0.4, -0.2) is 22.9 Å². The molecule has 0 saturated heterocycles. The molecular formula is C12H9ClN2O2. The van der Waals surface area contributed by atoms with E-state index < -0.39 is 0 Å². The van der Waals surface area contributed by atoms with Crippen LogP contribution < -0.4 is 4.74 Å². The summed E-state index contributed by atoms with van der Waals surface area (Å²) in [6, 6.07) is 6.90. The Morgan fingerprint density at radius 1 is 1.24 bits per heavy atom. The third kappa shape index (κ3) is 2.60. The van der Waals surface area contributed by atoms with Crippen molar-refractivity contribution >= 4 is 17.4 Å². The van der Waals surface area contributed by atoms with Crippen molar-refractivity contribution in [1.82, 2.24) is 9.97 Å². The average molecular weight is 249 g/mol. The Morgan fingerprint density at radius 3 is 2.59 bits per heavy atom. The maximum atomic E-state index is 12.0. The highest BCUT2D eigenvalue weighted by Gasteiger charge is 2.10. The number of ketones is 1. The predicted molar refractivity (Wildman–Crippen MR) is 63.5 cm³/mol. The van der Waals surface area contributed by atoms with Crippen LogP contribution in [0.3, 0.4) is 0 Å². The molecule has 1 aromatic heterocycles. The van der Waals surface area contributed by atoms with Gasteiger partial charge in [-0.25, -0.2) is 9.97 Å². The van der Waals surface area contributed by atoms with Crippen LogP contribution in [0.25, 0.3) is 0 Å². The summed E-state index contributed by atoms with van der Waals surface area (Å²) < 4.78 is 5.06. The number of carbonyl (C=O) groups excluding carboxylic acids is 1. The van der Waals surface area contributed by atoms with Gasteiger partial charge in [-0.3, -0.25) is 4.79 Å². The van der Waals surface area contributed by atoms with E-state index in [1.807, 2.05) is 0 Å². The van der Waals surface area contributed by atoms with Gasteiger partial charge in [-0.05, 0) is 23.7 Å². The van der Waals surface area contributed by atoms with Crippen LogP contribution in [0.15, 0.2) is 36.7 Å². The molecule has 0 bridgehead atoms. The van der Waals surface area contributed by atoms with E-state index in [2.05, 4.69) is 9.97 Å². The Balaban J connectivity index is 2.33. The number of hydrogen-bond donors (Lipinski definition) is 0.